The smallest absolute Gasteiger partial charge is 0.243 e. The first kappa shape index (κ1) is 17.5. The average molecular weight is 365 g/mol. The highest BCUT2D eigenvalue weighted by Crippen LogP contribution is 2.44. The molecule has 0 amide bonds. The maximum absolute atomic E-state index is 12.9. The Bertz CT molecular complexity index is 723. The molecule has 1 atom stereocenters. The summed E-state index contributed by atoms with van der Waals surface area (Å²) in [7, 11) is -3.43. The zero-order valence-corrected chi connectivity index (χ0v) is 15.6. The predicted molar refractivity (Wildman–Crippen MR) is 94.9 cm³/mol. The lowest BCUT2D eigenvalue weighted by Gasteiger charge is -2.49. The molecule has 3 fully saturated rings. The maximum atomic E-state index is 12.9. The first-order valence-electron chi connectivity index (χ1n) is 9.29. The summed E-state index contributed by atoms with van der Waals surface area (Å²) in [6, 6.07) is 7.17. The van der Waals surface area contributed by atoms with E-state index in [1.807, 2.05) is 19.1 Å². The molecule has 2 heterocycles. The van der Waals surface area contributed by atoms with Crippen molar-refractivity contribution >= 4 is 10.0 Å². The monoisotopic (exact) mass is 365 g/mol. The number of ether oxygens (including phenoxy) is 2. The van der Waals surface area contributed by atoms with Gasteiger partial charge in [0.1, 0.15) is 0 Å². The van der Waals surface area contributed by atoms with Crippen LogP contribution in [0.3, 0.4) is 0 Å². The predicted octanol–water partition coefficient (Wildman–Crippen LogP) is 2.59. The zero-order valence-electron chi connectivity index (χ0n) is 14.8. The highest BCUT2D eigenvalue weighted by atomic mass is 32.2. The standard InChI is InChI=1S/C19H27NO4S/c1-15-4-2-3-5-18(15)25(21,22)20-13-19(14-20)17(9-11-24-19)8-10-23-12-16-6-7-16/h2-5,16-17H,6-14H2,1H3/t17-/m0/s1. The summed E-state index contributed by atoms with van der Waals surface area (Å²) in [4.78, 5) is 0.409. The Morgan fingerprint density at radius 3 is 2.72 bits per heavy atom. The Morgan fingerprint density at radius 2 is 2.00 bits per heavy atom. The van der Waals surface area contributed by atoms with E-state index in [1.54, 1.807) is 16.4 Å². The fourth-order valence-corrected chi connectivity index (χ4v) is 5.79. The van der Waals surface area contributed by atoms with E-state index in [0.717, 1.165) is 44.1 Å². The molecule has 4 rings (SSSR count). The van der Waals surface area contributed by atoms with Crippen molar-refractivity contribution in [2.24, 2.45) is 11.8 Å². The molecule has 1 saturated carbocycles. The Hall–Kier alpha value is -0.950. The molecule has 1 aromatic rings. The minimum Gasteiger partial charge on any atom is -0.381 e. The molecule has 1 spiro atoms. The Kier molecular flexibility index (Phi) is 4.65. The van der Waals surface area contributed by atoms with Crippen molar-refractivity contribution < 1.29 is 17.9 Å². The van der Waals surface area contributed by atoms with E-state index in [-0.39, 0.29) is 5.60 Å². The molecule has 1 aliphatic carbocycles. The second kappa shape index (κ2) is 6.65. The Morgan fingerprint density at radius 1 is 1.24 bits per heavy atom. The molecule has 0 radical (unpaired) electrons. The van der Waals surface area contributed by atoms with Crippen LogP contribution in [0.2, 0.25) is 0 Å². The van der Waals surface area contributed by atoms with E-state index in [0.29, 0.717) is 23.9 Å². The van der Waals surface area contributed by atoms with Crippen molar-refractivity contribution in [1.82, 2.24) is 4.31 Å². The van der Waals surface area contributed by atoms with Gasteiger partial charge in [-0.05, 0) is 56.1 Å². The van der Waals surface area contributed by atoms with Crippen LogP contribution in [0.5, 0.6) is 0 Å². The topological polar surface area (TPSA) is 55.8 Å². The van der Waals surface area contributed by atoms with Crippen LogP contribution >= 0.6 is 0 Å². The van der Waals surface area contributed by atoms with Crippen LogP contribution in [0, 0.1) is 18.8 Å². The van der Waals surface area contributed by atoms with Gasteiger partial charge in [0.15, 0.2) is 0 Å². The quantitative estimate of drug-likeness (QED) is 0.697. The van der Waals surface area contributed by atoms with Gasteiger partial charge in [0.25, 0.3) is 0 Å². The summed E-state index contributed by atoms with van der Waals surface area (Å²) in [5.41, 5.74) is 0.499. The van der Waals surface area contributed by atoms with Gasteiger partial charge in [-0.3, -0.25) is 0 Å². The highest BCUT2D eigenvalue weighted by Gasteiger charge is 2.56. The second-order valence-electron chi connectivity index (χ2n) is 7.74. The van der Waals surface area contributed by atoms with Crippen LogP contribution in [0.4, 0.5) is 0 Å². The molecule has 0 unspecified atom stereocenters. The third kappa shape index (κ3) is 3.37. The van der Waals surface area contributed by atoms with E-state index >= 15 is 0 Å². The molecular weight excluding hydrogens is 338 g/mol. The van der Waals surface area contributed by atoms with Crippen LogP contribution in [-0.4, -0.2) is 51.2 Å². The van der Waals surface area contributed by atoms with Gasteiger partial charge in [-0.25, -0.2) is 8.42 Å². The number of benzene rings is 1. The molecular formula is C19H27NO4S. The third-order valence-corrected chi connectivity index (χ3v) is 7.81. The fraction of sp³-hybridized carbons (Fsp3) is 0.684. The van der Waals surface area contributed by atoms with E-state index < -0.39 is 10.0 Å². The van der Waals surface area contributed by atoms with E-state index in [2.05, 4.69) is 0 Å². The van der Waals surface area contributed by atoms with Gasteiger partial charge < -0.3 is 9.47 Å². The molecule has 25 heavy (non-hydrogen) atoms. The van der Waals surface area contributed by atoms with Gasteiger partial charge in [0.2, 0.25) is 10.0 Å². The summed E-state index contributed by atoms with van der Waals surface area (Å²) >= 11 is 0. The van der Waals surface area contributed by atoms with E-state index in [4.69, 9.17) is 9.47 Å². The number of aryl methyl sites for hydroxylation is 1. The fourth-order valence-electron chi connectivity index (χ4n) is 4.01. The largest absolute Gasteiger partial charge is 0.381 e. The lowest BCUT2D eigenvalue weighted by Crippen LogP contribution is -2.66. The van der Waals surface area contributed by atoms with Gasteiger partial charge in [-0.1, -0.05) is 18.2 Å². The Labute approximate surface area is 150 Å². The SMILES string of the molecule is Cc1ccccc1S(=O)(=O)N1CC2(C1)OCC[C@@H]2CCOCC1CC1. The summed E-state index contributed by atoms with van der Waals surface area (Å²) in [5, 5.41) is 0. The Balaban J connectivity index is 1.36. The van der Waals surface area contributed by atoms with Crippen molar-refractivity contribution in [2.75, 3.05) is 32.9 Å². The van der Waals surface area contributed by atoms with Crippen LogP contribution < -0.4 is 0 Å². The van der Waals surface area contributed by atoms with Crippen LogP contribution in [0.15, 0.2) is 29.2 Å². The summed E-state index contributed by atoms with van der Waals surface area (Å²) in [6.45, 7) is 5.15. The molecule has 2 saturated heterocycles. The van der Waals surface area contributed by atoms with Crippen molar-refractivity contribution in [3.05, 3.63) is 29.8 Å². The van der Waals surface area contributed by atoms with Crippen LogP contribution in [0.25, 0.3) is 0 Å². The van der Waals surface area contributed by atoms with E-state index in [1.165, 1.54) is 12.8 Å². The lowest BCUT2D eigenvalue weighted by atomic mass is 9.80. The summed E-state index contributed by atoms with van der Waals surface area (Å²) in [5.74, 6) is 1.18. The molecule has 6 heteroatoms. The number of hydrogen-bond donors (Lipinski definition) is 0. The van der Waals surface area contributed by atoms with Crippen molar-refractivity contribution in [3.8, 4) is 0 Å². The first-order valence-corrected chi connectivity index (χ1v) is 10.7. The first-order chi connectivity index (χ1) is 12.0. The van der Waals surface area contributed by atoms with Crippen molar-refractivity contribution in [1.29, 1.82) is 0 Å². The minimum absolute atomic E-state index is 0.293. The molecule has 5 nitrogen and oxygen atoms in total. The zero-order chi connectivity index (χ0) is 17.5. The molecule has 1 aromatic carbocycles. The summed E-state index contributed by atoms with van der Waals surface area (Å²) < 4.78 is 39.1. The normalized spacial score (nSPS) is 26.0. The van der Waals surface area contributed by atoms with Crippen molar-refractivity contribution in [3.63, 3.8) is 0 Å². The molecule has 0 bridgehead atoms. The number of rotatable bonds is 7. The van der Waals surface area contributed by atoms with Crippen LogP contribution in [-0.2, 0) is 19.5 Å². The third-order valence-electron chi connectivity index (χ3n) is 5.86. The summed E-state index contributed by atoms with van der Waals surface area (Å²) in [6.07, 6.45) is 4.58. The van der Waals surface area contributed by atoms with Gasteiger partial charge >= 0.3 is 0 Å². The molecule has 138 valence electrons. The molecule has 0 aromatic heterocycles. The van der Waals surface area contributed by atoms with Gasteiger partial charge in [-0.2, -0.15) is 4.31 Å². The average Bonchev–Trinajstić information content (AvgIpc) is 3.27. The van der Waals surface area contributed by atoms with Crippen molar-refractivity contribution in [2.45, 2.75) is 43.1 Å². The van der Waals surface area contributed by atoms with Crippen LogP contribution in [0.1, 0.15) is 31.2 Å². The molecule has 2 aliphatic heterocycles. The number of nitrogens with zero attached hydrogens (tertiary/aromatic N) is 1. The molecule has 0 N–H and O–H groups in total. The highest BCUT2D eigenvalue weighted by molar-refractivity contribution is 7.89. The maximum Gasteiger partial charge on any atom is 0.243 e. The number of hydrogen-bond acceptors (Lipinski definition) is 4. The lowest BCUT2D eigenvalue weighted by molar-refractivity contribution is -0.105. The van der Waals surface area contributed by atoms with Gasteiger partial charge in [0, 0.05) is 32.9 Å². The van der Waals surface area contributed by atoms with Gasteiger partial charge in [0.05, 0.1) is 10.5 Å². The second-order valence-corrected chi connectivity index (χ2v) is 9.65. The van der Waals surface area contributed by atoms with E-state index in [9.17, 15) is 8.42 Å². The van der Waals surface area contributed by atoms with Gasteiger partial charge in [-0.15, -0.1) is 0 Å². The number of sulfonamides is 1. The minimum atomic E-state index is -3.43. The molecule has 3 aliphatic rings.